The van der Waals surface area contributed by atoms with E-state index >= 15 is 0 Å². The first-order chi connectivity index (χ1) is 22.1. The number of aliphatic hydroxyl groups excluding tert-OH is 3. The number of halogens is 2. The molecule has 0 radical (unpaired) electrons. The normalized spacial score (nSPS) is 19.8. The van der Waals surface area contributed by atoms with Crippen molar-refractivity contribution in [3.05, 3.63) is 106 Å². The van der Waals surface area contributed by atoms with Crippen LogP contribution in [0.25, 0.3) is 5.57 Å². The minimum absolute atomic E-state index is 0.0247. The Hall–Kier alpha value is -3.48. The second-order valence-corrected chi connectivity index (χ2v) is 12.2. The van der Waals surface area contributed by atoms with E-state index in [0.717, 1.165) is 11.1 Å². The zero-order valence-electron chi connectivity index (χ0n) is 25.5. The molecule has 1 amide bonds. The lowest BCUT2D eigenvalue weighted by Crippen LogP contribution is -2.55. The van der Waals surface area contributed by atoms with Gasteiger partial charge in [0.15, 0.2) is 0 Å². The van der Waals surface area contributed by atoms with Gasteiger partial charge in [-0.15, -0.1) is 11.6 Å². The summed E-state index contributed by atoms with van der Waals surface area (Å²) < 4.78 is 18.9. The van der Waals surface area contributed by atoms with Crippen molar-refractivity contribution in [3.8, 4) is 11.5 Å². The molecule has 0 fully saturated rings. The number of nitrogens with zero attached hydrogens (tertiary/aromatic N) is 1. The van der Waals surface area contributed by atoms with E-state index in [-0.39, 0.29) is 51.7 Å². The van der Waals surface area contributed by atoms with Crippen LogP contribution >= 0.6 is 23.2 Å². The molecule has 1 heterocycles. The zero-order chi connectivity index (χ0) is 33.2. The largest absolute Gasteiger partial charge is 0.488 e. The summed E-state index contributed by atoms with van der Waals surface area (Å²) in [6, 6.07) is 14.7. The summed E-state index contributed by atoms with van der Waals surface area (Å²) in [6.07, 6.45) is 8.11. The number of hydrogen-bond acceptors (Lipinski definition) is 9. The van der Waals surface area contributed by atoms with Gasteiger partial charge in [0.05, 0.1) is 29.9 Å². The number of allylic oxidation sites excluding steroid dienone is 2. The van der Waals surface area contributed by atoms with Gasteiger partial charge in [0.25, 0.3) is 0 Å². The highest BCUT2D eigenvalue weighted by atomic mass is 35.5. The maximum atomic E-state index is 11.6. The van der Waals surface area contributed by atoms with Gasteiger partial charge in [-0.05, 0) is 42.7 Å². The number of pyridine rings is 1. The van der Waals surface area contributed by atoms with Crippen LogP contribution in [0.5, 0.6) is 11.5 Å². The van der Waals surface area contributed by atoms with E-state index in [0.29, 0.717) is 34.1 Å². The molecule has 246 valence electrons. The first kappa shape index (κ1) is 35.4. The average Bonchev–Trinajstić information content (AvgIpc) is 3.05. The Morgan fingerprint density at radius 1 is 1.11 bits per heavy atom. The second-order valence-electron chi connectivity index (χ2n) is 11.0. The first-order valence-corrected chi connectivity index (χ1v) is 15.6. The SMILES string of the molecule is CC1(Cl)C(c2ccccc2)=CC=CC1(COc1cc(OCc2cncc(C(N)=O)c2)c(CNCC(O)CO)cc1Cl)OCCCO. The Labute approximate surface area is 278 Å². The predicted octanol–water partition coefficient (Wildman–Crippen LogP) is 4.02. The van der Waals surface area contributed by atoms with Crippen LogP contribution in [0.15, 0.2) is 79.2 Å². The highest BCUT2D eigenvalue weighted by Gasteiger charge is 2.51. The third-order valence-corrected chi connectivity index (χ3v) is 8.43. The van der Waals surface area contributed by atoms with Gasteiger partial charge in [-0.25, -0.2) is 0 Å². The molecule has 6 N–H and O–H groups in total. The minimum atomic E-state index is -1.14. The number of nitrogens with one attached hydrogen (secondary N) is 1. The third kappa shape index (κ3) is 8.65. The maximum Gasteiger partial charge on any atom is 0.250 e. The van der Waals surface area contributed by atoms with E-state index in [2.05, 4.69) is 10.3 Å². The molecule has 0 bridgehead atoms. The summed E-state index contributed by atoms with van der Waals surface area (Å²) in [5.41, 5.74) is 7.57. The van der Waals surface area contributed by atoms with E-state index in [4.69, 9.17) is 43.1 Å². The molecule has 0 saturated carbocycles. The van der Waals surface area contributed by atoms with Gasteiger partial charge < -0.3 is 40.6 Å². The molecule has 1 aliphatic carbocycles. The monoisotopic (exact) mass is 671 g/mol. The van der Waals surface area contributed by atoms with Crippen molar-refractivity contribution >= 4 is 34.7 Å². The number of ether oxygens (including phenoxy) is 3. The van der Waals surface area contributed by atoms with Crippen molar-refractivity contribution in [2.45, 2.75) is 43.1 Å². The minimum Gasteiger partial charge on any atom is -0.488 e. The number of alkyl halides is 1. The molecule has 0 spiro atoms. The number of hydrogen-bond donors (Lipinski definition) is 5. The molecule has 3 aromatic rings. The number of rotatable bonds is 17. The van der Waals surface area contributed by atoms with Crippen LogP contribution in [-0.4, -0.2) is 75.8 Å². The van der Waals surface area contributed by atoms with Gasteiger partial charge in [0.1, 0.15) is 35.2 Å². The smallest absolute Gasteiger partial charge is 0.250 e. The van der Waals surface area contributed by atoms with Crippen LogP contribution in [0.4, 0.5) is 0 Å². The molecule has 0 aliphatic heterocycles. The number of amides is 1. The van der Waals surface area contributed by atoms with Crippen molar-refractivity contribution in [2.75, 3.05) is 33.0 Å². The molecule has 3 unspecified atom stereocenters. The predicted molar refractivity (Wildman–Crippen MR) is 177 cm³/mol. The summed E-state index contributed by atoms with van der Waals surface area (Å²) in [4.78, 5) is 14.6. The van der Waals surface area contributed by atoms with Crippen molar-refractivity contribution in [1.29, 1.82) is 0 Å². The van der Waals surface area contributed by atoms with Crippen LogP contribution in [0.3, 0.4) is 0 Å². The van der Waals surface area contributed by atoms with E-state index in [1.807, 2.05) is 55.5 Å². The lowest BCUT2D eigenvalue weighted by molar-refractivity contribution is -0.0553. The Kier molecular flexibility index (Phi) is 12.6. The van der Waals surface area contributed by atoms with Crippen LogP contribution in [-0.2, 0) is 17.9 Å². The summed E-state index contributed by atoms with van der Waals surface area (Å²) in [5, 5.41) is 31.8. The zero-order valence-corrected chi connectivity index (χ0v) is 27.0. The van der Waals surface area contributed by atoms with E-state index < -0.39 is 22.5 Å². The first-order valence-electron chi connectivity index (χ1n) is 14.8. The van der Waals surface area contributed by atoms with Crippen molar-refractivity contribution in [2.24, 2.45) is 5.73 Å². The van der Waals surface area contributed by atoms with E-state index in [9.17, 15) is 20.1 Å². The second kappa shape index (κ2) is 16.4. The standard InChI is InChI=1S/C34H39Cl2N3O7/c1-33(36)28(24-7-3-2-4-8-24)9-5-10-34(33,46-12-6-11-40)22-45-31-15-30(25(14-29(31)35)17-39-19-27(42)20-41)44-21-23-13-26(32(37)43)18-38-16-23/h2-5,7-10,13-16,18,27,39-42H,6,11-12,17,19-22H2,1H3,(H2,37,43). The fraction of sp³-hybridized carbons (Fsp3) is 0.353. The molecule has 46 heavy (non-hydrogen) atoms. The van der Waals surface area contributed by atoms with Gasteiger partial charge in [-0.3, -0.25) is 9.78 Å². The van der Waals surface area contributed by atoms with Crippen LogP contribution < -0.4 is 20.5 Å². The van der Waals surface area contributed by atoms with E-state index in [1.54, 1.807) is 24.4 Å². The Bertz CT molecular complexity index is 1530. The fourth-order valence-corrected chi connectivity index (χ4v) is 5.58. The third-order valence-electron chi connectivity index (χ3n) is 7.61. The Morgan fingerprint density at radius 3 is 2.61 bits per heavy atom. The number of primary amides is 1. The van der Waals surface area contributed by atoms with E-state index in [1.165, 1.54) is 6.20 Å². The number of benzene rings is 2. The van der Waals surface area contributed by atoms with Crippen LogP contribution in [0.2, 0.25) is 5.02 Å². The fourth-order valence-electron chi connectivity index (χ4n) is 5.00. The summed E-state index contributed by atoms with van der Waals surface area (Å²) >= 11 is 14.1. The van der Waals surface area contributed by atoms with Gasteiger partial charge in [0, 0.05) is 49.3 Å². The summed E-state index contributed by atoms with van der Waals surface area (Å²) in [5.74, 6) is 0.122. The lowest BCUT2D eigenvalue weighted by Gasteiger charge is -2.45. The molecule has 12 heteroatoms. The molecule has 2 aromatic carbocycles. The molecule has 1 aromatic heterocycles. The van der Waals surface area contributed by atoms with Gasteiger partial charge in [-0.2, -0.15) is 0 Å². The van der Waals surface area contributed by atoms with Crippen LogP contribution in [0, 0.1) is 0 Å². The number of aliphatic hydroxyl groups is 3. The van der Waals surface area contributed by atoms with Crippen LogP contribution in [0.1, 0.15) is 40.4 Å². The van der Waals surface area contributed by atoms with Crippen molar-refractivity contribution < 1.29 is 34.3 Å². The molecule has 4 rings (SSSR count). The molecule has 10 nitrogen and oxygen atoms in total. The highest BCUT2D eigenvalue weighted by molar-refractivity contribution is 6.32. The molecule has 3 atom stereocenters. The van der Waals surface area contributed by atoms with Crippen molar-refractivity contribution in [3.63, 3.8) is 0 Å². The van der Waals surface area contributed by atoms with Gasteiger partial charge in [-0.1, -0.05) is 54.1 Å². The number of aromatic nitrogens is 1. The Balaban J connectivity index is 1.63. The summed E-state index contributed by atoms with van der Waals surface area (Å²) in [6.45, 7) is 2.11. The molecule has 0 saturated heterocycles. The molecule has 1 aliphatic rings. The number of carbonyl (C=O) groups excluding carboxylic acids is 1. The van der Waals surface area contributed by atoms with Crippen molar-refractivity contribution in [1.82, 2.24) is 10.3 Å². The average molecular weight is 673 g/mol. The van der Waals surface area contributed by atoms with Gasteiger partial charge in [0.2, 0.25) is 5.91 Å². The Morgan fingerprint density at radius 2 is 1.89 bits per heavy atom. The number of nitrogens with two attached hydrogens (primary N) is 1. The quantitative estimate of drug-likeness (QED) is 0.106. The molecular weight excluding hydrogens is 633 g/mol. The number of carbonyl (C=O) groups is 1. The topological polar surface area (TPSA) is 156 Å². The lowest BCUT2D eigenvalue weighted by atomic mass is 9.76. The summed E-state index contributed by atoms with van der Waals surface area (Å²) in [7, 11) is 0. The maximum absolute atomic E-state index is 11.6. The molecular formula is C34H39Cl2N3O7. The van der Waals surface area contributed by atoms with Gasteiger partial charge >= 0.3 is 0 Å². The highest BCUT2D eigenvalue weighted by Crippen LogP contribution is 2.47.